The highest BCUT2D eigenvalue weighted by Crippen LogP contribution is 2.27. The van der Waals surface area contributed by atoms with Crippen LogP contribution < -0.4 is 4.74 Å². The first-order valence-corrected chi connectivity index (χ1v) is 6.16. The van der Waals surface area contributed by atoms with Crippen LogP contribution in [-0.2, 0) is 0 Å². The van der Waals surface area contributed by atoms with Crippen molar-refractivity contribution in [2.45, 2.75) is 33.1 Å². The summed E-state index contributed by atoms with van der Waals surface area (Å²) in [6.07, 6.45) is 0.518. The Kier molecular flexibility index (Phi) is 4.91. The average Bonchev–Trinajstić information content (AvgIpc) is 2.39. The Balaban J connectivity index is 3.18. The summed E-state index contributed by atoms with van der Waals surface area (Å²) in [6.45, 7) is 6.00. The highest BCUT2D eigenvalue weighted by Gasteiger charge is 2.21. The van der Waals surface area contributed by atoms with Crippen LogP contribution >= 0.6 is 0 Å². The van der Waals surface area contributed by atoms with Crippen molar-refractivity contribution in [1.82, 2.24) is 0 Å². The molecule has 0 saturated carbocycles. The summed E-state index contributed by atoms with van der Waals surface area (Å²) < 4.78 is 5.27. The fourth-order valence-corrected chi connectivity index (χ4v) is 1.79. The highest BCUT2D eigenvalue weighted by atomic mass is 16.5. The van der Waals surface area contributed by atoms with E-state index in [9.17, 15) is 4.79 Å². The first-order valence-electron chi connectivity index (χ1n) is 6.16. The van der Waals surface area contributed by atoms with Crippen molar-refractivity contribution < 1.29 is 9.53 Å². The number of carbonyl (C=O) groups excluding carboxylic acids is 1. The van der Waals surface area contributed by atoms with Gasteiger partial charge in [0, 0.05) is 0 Å². The molecule has 18 heavy (non-hydrogen) atoms. The van der Waals surface area contributed by atoms with Crippen LogP contribution in [0.15, 0.2) is 18.2 Å². The van der Waals surface area contributed by atoms with Crippen molar-refractivity contribution in [3.05, 3.63) is 29.3 Å². The zero-order valence-corrected chi connectivity index (χ0v) is 11.4. The van der Waals surface area contributed by atoms with Gasteiger partial charge in [-0.2, -0.15) is 5.26 Å². The first-order chi connectivity index (χ1) is 8.54. The van der Waals surface area contributed by atoms with E-state index in [4.69, 9.17) is 10.00 Å². The largest absolute Gasteiger partial charge is 0.496 e. The van der Waals surface area contributed by atoms with Gasteiger partial charge in [0.15, 0.2) is 5.78 Å². The minimum Gasteiger partial charge on any atom is -0.496 e. The molecule has 96 valence electrons. The number of nitriles is 1. The van der Waals surface area contributed by atoms with Crippen LogP contribution in [0, 0.1) is 17.2 Å². The molecule has 1 aromatic carbocycles. The molecule has 0 heterocycles. The molecule has 1 rings (SSSR count). The van der Waals surface area contributed by atoms with Crippen LogP contribution in [0.3, 0.4) is 0 Å². The topological polar surface area (TPSA) is 50.1 Å². The van der Waals surface area contributed by atoms with Crippen molar-refractivity contribution in [2.75, 3.05) is 7.11 Å². The molecule has 0 aliphatic rings. The number of benzene rings is 1. The third kappa shape index (κ3) is 2.89. The molecule has 0 aliphatic carbocycles. The lowest BCUT2D eigenvalue weighted by atomic mass is 9.93. The van der Waals surface area contributed by atoms with Gasteiger partial charge in [-0.25, -0.2) is 0 Å². The second kappa shape index (κ2) is 6.20. The molecule has 1 unspecified atom stereocenters. The van der Waals surface area contributed by atoms with Gasteiger partial charge in [0.05, 0.1) is 18.7 Å². The van der Waals surface area contributed by atoms with Crippen LogP contribution in [0.2, 0.25) is 0 Å². The molecule has 0 amide bonds. The fraction of sp³-hybridized carbons (Fsp3) is 0.467. The summed E-state index contributed by atoms with van der Waals surface area (Å²) >= 11 is 0. The predicted molar refractivity (Wildman–Crippen MR) is 70.8 cm³/mol. The van der Waals surface area contributed by atoms with Gasteiger partial charge in [-0.3, -0.25) is 4.79 Å². The smallest absolute Gasteiger partial charge is 0.183 e. The first kappa shape index (κ1) is 14.2. The second-order valence-corrected chi connectivity index (χ2v) is 4.57. The summed E-state index contributed by atoms with van der Waals surface area (Å²) in [5.74, 6) is 0.178. The molecule has 0 aromatic heterocycles. The molecule has 1 aromatic rings. The average molecular weight is 245 g/mol. The van der Waals surface area contributed by atoms with Gasteiger partial charge < -0.3 is 4.74 Å². The van der Waals surface area contributed by atoms with Gasteiger partial charge in [-0.1, -0.05) is 26.8 Å². The molecular formula is C15H19NO2. The van der Waals surface area contributed by atoms with E-state index in [1.54, 1.807) is 13.2 Å². The van der Waals surface area contributed by atoms with Crippen LogP contribution in [0.25, 0.3) is 0 Å². The summed E-state index contributed by atoms with van der Waals surface area (Å²) in [4.78, 5) is 12.2. The van der Waals surface area contributed by atoms with Crippen molar-refractivity contribution in [3.63, 3.8) is 0 Å². The number of rotatable bonds is 5. The number of methoxy groups -OCH3 is 1. The Bertz CT molecular complexity index is 472. The maximum absolute atomic E-state index is 12.2. The maximum Gasteiger partial charge on any atom is 0.183 e. The molecule has 1 atom stereocenters. The van der Waals surface area contributed by atoms with Crippen molar-refractivity contribution in [3.8, 4) is 11.8 Å². The SMILES string of the molecule is CCC(C#N)C(=O)c1ccc(C(C)C)cc1OC. The number of carbonyl (C=O) groups is 1. The molecular weight excluding hydrogens is 226 g/mol. The molecule has 3 nitrogen and oxygen atoms in total. The molecule has 0 spiro atoms. The Hall–Kier alpha value is -1.82. The van der Waals surface area contributed by atoms with E-state index in [0.717, 1.165) is 5.56 Å². The number of hydrogen-bond donors (Lipinski definition) is 0. The van der Waals surface area contributed by atoms with Crippen LogP contribution in [0.1, 0.15) is 49.0 Å². The maximum atomic E-state index is 12.2. The van der Waals surface area contributed by atoms with Gasteiger partial charge in [-0.05, 0) is 30.0 Å². The van der Waals surface area contributed by atoms with Crippen LogP contribution in [-0.4, -0.2) is 12.9 Å². The number of ether oxygens (including phenoxy) is 1. The van der Waals surface area contributed by atoms with Crippen molar-refractivity contribution in [1.29, 1.82) is 5.26 Å². The molecule has 0 aliphatic heterocycles. The summed E-state index contributed by atoms with van der Waals surface area (Å²) in [6, 6.07) is 7.59. The van der Waals surface area contributed by atoms with Crippen molar-refractivity contribution >= 4 is 5.78 Å². The van der Waals surface area contributed by atoms with E-state index < -0.39 is 5.92 Å². The summed E-state index contributed by atoms with van der Waals surface area (Å²) in [5, 5.41) is 8.95. The van der Waals surface area contributed by atoms with E-state index in [0.29, 0.717) is 23.7 Å². The Labute approximate surface area is 108 Å². The standard InChI is InChI=1S/C15H19NO2/c1-5-11(9-16)15(17)13-7-6-12(10(2)3)8-14(13)18-4/h6-8,10-11H,5H2,1-4H3. The van der Waals surface area contributed by atoms with Gasteiger partial charge >= 0.3 is 0 Å². The lowest BCUT2D eigenvalue weighted by Crippen LogP contribution is -2.13. The van der Waals surface area contributed by atoms with Crippen LogP contribution in [0.4, 0.5) is 0 Å². The minimum atomic E-state index is -0.594. The Morgan fingerprint density at radius 2 is 2.11 bits per heavy atom. The summed E-state index contributed by atoms with van der Waals surface area (Å²) in [7, 11) is 1.55. The number of hydrogen-bond acceptors (Lipinski definition) is 3. The lowest BCUT2D eigenvalue weighted by Gasteiger charge is -2.13. The van der Waals surface area contributed by atoms with Gasteiger partial charge in [0.2, 0.25) is 0 Å². The molecule has 0 bridgehead atoms. The predicted octanol–water partition coefficient (Wildman–Crippen LogP) is 3.55. The third-order valence-corrected chi connectivity index (χ3v) is 3.04. The molecule has 0 saturated heterocycles. The van der Waals surface area contributed by atoms with E-state index in [1.807, 2.05) is 25.1 Å². The lowest BCUT2D eigenvalue weighted by molar-refractivity contribution is 0.0943. The van der Waals surface area contributed by atoms with Crippen LogP contribution in [0.5, 0.6) is 5.75 Å². The van der Waals surface area contributed by atoms with Gasteiger partial charge in [0.25, 0.3) is 0 Å². The monoisotopic (exact) mass is 245 g/mol. The quantitative estimate of drug-likeness (QED) is 0.745. The van der Waals surface area contributed by atoms with Gasteiger partial charge in [-0.15, -0.1) is 0 Å². The zero-order valence-electron chi connectivity index (χ0n) is 11.4. The van der Waals surface area contributed by atoms with E-state index in [-0.39, 0.29) is 5.78 Å². The molecule has 0 radical (unpaired) electrons. The fourth-order valence-electron chi connectivity index (χ4n) is 1.79. The van der Waals surface area contributed by atoms with E-state index in [1.165, 1.54) is 0 Å². The van der Waals surface area contributed by atoms with E-state index in [2.05, 4.69) is 13.8 Å². The van der Waals surface area contributed by atoms with Crippen molar-refractivity contribution in [2.24, 2.45) is 5.92 Å². The number of Topliss-reactive ketones (excluding diaryl/α,β-unsaturated/α-hetero) is 1. The second-order valence-electron chi connectivity index (χ2n) is 4.57. The number of ketones is 1. The molecule has 0 N–H and O–H groups in total. The van der Waals surface area contributed by atoms with Gasteiger partial charge in [0.1, 0.15) is 11.7 Å². The number of nitrogens with zero attached hydrogens (tertiary/aromatic N) is 1. The zero-order chi connectivity index (χ0) is 13.7. The molecule has 0 fully saturated rings. The minimum absolute atomic E-state index is 0.160. The normalized spacial score (nSPS) is 12.0. The Morgan fingerprint density at radius 3 is 2.56 bits per heavy atom. The molecule has 3 heteroatoms. The highest BCUT2D eigenvalue weighted by molar-refractivity contribution is 6.01. The third-order valence-electron chi connectivity index (χ3n) is 3.04. The van der Waals surface area contributed by atoms with E-state index >= 15 is 0 Å². The summed E-state index contributed by atoms with van der Waals surface area (Å²) in [5.41, 5.74) is 1.61. The Morgan fingerprint density at radius 1 is 1.44 bits per heavy atom.